The van der Waals surface area contributed by atoms with Gasteiger partial charge in [0.25, 0.3) is 0 Å². The molecule has 0 aliphatic carbocycles. The minimum Gasteiger partial charge on any atom is -0.481 e. The minimum atomic E-state index is -0.767. The maximum absolute atomic E-state index is 10.4. The van der Waals surface area contributed by atoms with Gasteiger partial charge in [-0.3, -0.25) is 4.79 Å². The van der Waals surface area contributed by atoms with E-state index in [9.17, 15) is 4.79 Å². The van der Waals surface area contributed by atoms with Gasteiger partial charge in [-0.15, -0.1) is 0 Å². The van der Waals surface area contributed by atoms with Gasteiger partial charge in [-0.05, 0) is 25.0 Å². The molecule has 0 bridgehead atoms. The van der Waals surface area contributed by atoms with Crippen molar-refractivity contribution in [3.63, 3.8) is 0 Å². The van der Waals surface area contributed by atoms with Gasteiger partial charge in [0, 0.05) is 12.6 Å². The maximum Gasteiger partial charge on any atom is 0.303 e. The molecule has 4 nitrogen and oxygen atoms in total. The van der Waals surface area contributed by atoms with Crippen molar-refractivity contribution in [3.8, 4) is 0 Å². The average molecular weight is 204 g/mol. The number of nitrogens with zero attached hydrogens (tertiary/aromatic N) is 2. The average Bonchev–Trinajstić information content (AvgIpc) is 2.57. The summed E-state index contributed by atoms with van der Waals surface area (Å²) in [6, 6.07) is 3.92. The monoisotopic (exact) mass is 204 g/mol. The van der Waals surface area contributed by atoms with E-state index >= 15 is 0 Å². The lowest BCUT2D eigenvalue weighted by Gasteiger charge is -2.00. The Bertz CT molecular complexity index is 502. The predicted molar refractivity (Wildman–Crippen MR) is 55.9 cm³/mol. The maximum atomic E-state index is 10.4. The van der Waals surface area contributed by atoms with Gasteiger partial charge in [0.05, 0.1) is 17.5 Å². The van der Waals surface area contributed by atoms with E-state index < -0.39 is 5.97 Å². The van der Waals surface area contributed by atoms with Crippen molar-refractivity contribution in [3.05, 3.63) is 35.9 Å². The predicted octanol–water partition coefficient (Wildman–Crippen LogP) is 1.66. The molecule has 0 aromatic carbocycles. The largest absolute Gasteiger partial charge is 0.481 e. The van der Waals surface area contributed by atoms with Gasteiger partial charge in [-0.1, -0.05) is 6.07 Å². The summed E-state index contributed by atoms with van der Waals surface area (Å²) < 4.78 is 1.92. The molecular formula is C11H12N2O2. The van der Waals surface area contributed by atoms with E-state index in [4.69, 9.17) is 5.11 Å². The fourth-order valence-corrected chi connectivity index (χ4v) is 1.58. The molecule has 0 amide bonds. The van der Waals surface area contributed by atoms with Crippen molar-refractivity contribution in [2.45, 2.75) is 19.8 Å². The molecule has 2 aromatic rings. The molecule has 2 rings (SSSR count). The summed E-state index contributed by atoms with van der Waals surface area (Å²) in [7, 11) is 0. The molecule has 0 fully saturated rings. The number of aromatic nitrogens is 2. The van der Waals surface area contributed by atoms with Crippen LogP contribution in [-0.4, -0.2) is 20.5 Å². The fourth-order valence-electron chi connectivity index (χ4n) is 1.58. The number of pyridine rings is 1. The summed E-state index contributed by atoms with van der Waals surface area (Å²) in [4.78, 5) is 14.6. The second-order valence-electron chi connectivity index (χ2n) is 3.55. The molecule has 0 atom stereocenters. The van der Waals surface area contributed by atoms with E-state index in [-0.39, 0.29) is 6.42 Å². The van der Waals surface area contributed by atoms with Gasteiger partial charge in [-0.25, -0.2) is 4.98 Å². The third-order valence-electron chi connectivity index (χ3n) is 2.41. The minimum absolute atomic E-state index is 0.166. The summed E-state index contributed by atoms with van der Waals surface area (Å²) >= 11 is 0. The Balaban J connectivity index is 2.27. The zero-order valence-corrected chi connectivity index (χ0v) is 8.47. The first-order valence-electron chi connectivity index (χ1n) is 4.81. The number of hydrogen-bond acceptors (Lipinski definition) is 2. The number of imidazole rings is 1. The van der Waals surface area contributed by atoms with Crippen LogP contribution in [0.1, 0.15) is 17.7 Å². The topological polar surface area (TPSA) is 54.6 Å². The quantitative estimate of drug-likeness (QED) is 0.827. The number of hydrogen-bond donors (Lipinski definition) is 1. The van der Waals surface area contributed by atoms with Crippen LogP contribution in [0.15, 0.2) is 24.7 Å². The summed E-state index contributed by atoms with van der Waals surface area (Å²) in [5, 5.41) is 8.57. The van der Waals surface area contributed by atoms with Crippen LogP contribution in [0, 0.1) is 6.92 Å². The number of aliphatic carboxylic acids is 1. The van der Waals surface area contributed by atoms with Crippen molar-refractivity contribution in [1.29, 1.82) is 0 Å². The Labute approximate surface area is 87.2 Å². The Morgan fingerprint density at radius 1 is 1.53 bits per heavy atom. The van der Waals surface area contributed by atoms with Crippen LogP contribution in [-0.2, 0) is 11.2 Å². The van der Waals surface area contributed by atoms with Crippen LogP contribution in [0.5, 0.6) is 0 Å². The second kappa shape index (κ2) is 3.73. The first-order valence-corrected chi connectivity index (χ1v) is 4.81. The molecule has 0 aliphatic heterocycles. The number of rotatable bonds is 3. The lowest BCUT2D eigenvalue weighted by molar-refractivity contribution is -0.136. The molecule has 0 saturated carbocycles. The van der Waals surface area contributed by atoms with Crippen molar-refractivity contribution in [1.82, 2.24) is 9.38 Å². The number of carbonyl (C=O) groups is 1. The van der Waals surface area contributed by atoms with Crippen molar-refractivity contribution >= 4 is 11.5 Å². The van der Waals surface area contributed by atoms with E-state index in [1.807, 2.05) is 29.7 Å². The number of aryl methyl sites for hydroxylation is 2. The Kier molecular flexibility index (Phi) is 2.41. The van der Waals surface area contributed by atoms with Gasteiger partial charge < -0.3 is 9.51 Å². The van der Waals surface area contributed by atoms with Crippen molar-refractivity contribution in [2.75, 3.05) is 0 Å². The van der Waals surface area contributed by atoms with Crippen LogP contribution in [0.4, 0.5) is 0 Å². The van der Waals surface area contributed by atoms with E-state index in [1.54, 1.807) is 6.33 Å². The van der Waals surface area contributed by atoms with Crippen LogP contribution >= 0.6 is 0 Å². The van der Waals surface area contributed by atoms with Gasteiger partial charge in [0.15, 0.2) is 0 Å². The van der Waals surface area contributed by atoms with E-state index in [1.165, 1.54) is 0 Å². The molecule has 1 N–H and O–H groups in total. The molecule has 0 spiro atoms. The lowest BCUT2D eigenvalue weighted by atomic mass is 10.1. The Morgan fingerprint density at radius 2 is 2.33 bits per heavy atom. The molecule has 0 unspecified atom stereocenters. The number of fused-ring (bicyclic) bond motifs is 1. The highest BCUT2D eigenvalue weighted by Gasteiger charge is 2.02. The normalized spacial score (nSPS) is 10.7. The number of carboxylic acid groups (broad SMARTS) is 1. The third kappa shape index (κ3) is 1.98. The van der Waals surface area contributed by atoms with Gasteiger partial charge in [0.2, 0.25) is 0 Å². The van der Waals surface area contributed by atoms with Crippen LogP contribution in [0.2, 0.25) is 0 Å². The Hall–Kier alpha value is -1.84. The van der Waals surface area contributed by atoms with Crippen molar-refractivity contribution < 1.29 is 9.90 Å². The molecule has 2 aromatic heterocycles. The summed E-state index contributed by atoms with van der Waals surface area (Å²) in [5.41, 5.74) is 3.07. The highest BCUT2D eigenvalue weighted by Crippen LogP contribution is 2.11. The summed E-state index contributed by atoms with van der Waals surface area (Å²) in [6.45, 7) is 1.95. The zero-order chi connectivity index (χ0) is 10.8. The first-order chi connectivity index (χ1) is 7.16. The van der Waals surface area contributed by atoms with Gasteiger partial charge in [0.1, 0.15) is 0 Å². The van der Waals surface area contributed by atoms with Gasteiger partial charge >= 0.3 is 5.97 Å². The lowest BCUT2D eigenvalue weighted by Crippen LogP contribution is -1.98. The van der Waals surface area contributed by atoms with Crippen LogP contribution in [0.3, 0.4) is 0 Å². The van der Waals surface area contributed by atoms with E-state index in [0.29, 0.717) is 6.42 Å². The molecule has 4 heteroatoms. The van der Waals surface area contributed by atoms with E-state index in [0.717, 1.165) is 16.8 Å². The molecule has 0 radical (unpaired) electrons. The zero-order valence-electron chi connectivity index (χ0n) is 8.47. The van der Waals surface area contributed by atoms with Crippen LogP contribution in [0.25, 0.3) is 5.52 Å². The summed E-state index contributed by atoms with van der Waals surface area (Å²) in [5.74, 6) is -0.767. The summed E-state index contributed by atoms with van der Waals surface area (Å²) in [6.07, 6.45) is 4.40. The first kappa shape index (κ1) is 9.71. The molecule has 2 heterocycles. The van der Waals surface area contributed by atoms with Crippen LogP contribution < -0.4 is 0 Å². The molecule has 0 aliphatic rings. The fraction of sp³-hybridized carbons (Fsp3) is 0.273. The third-order valence-corrected chi connectivity index (χ3v) is 2.41. The SMILES string of the molecule is Cc1ncn2cc(CCC(=O)O)ccc12. The van der Waals surface area contributed by atoms with Gasteiger partial charge in [-0.2, -0.15) is 0 Å². The molecule has 15 heavy (non-hydrogen) atoms. The highest BCUT2D eigenvalue weighted by atomic mass is 16.4. The standard InChI is InChI=1S/C11H12N2O2/c1-8-10-4-2-9(3-5-11(14)15)6-13(10)7-12-8/h2,4,6-7H,3,5H2,1H3,(H,14,15). The smallest absolute Gasteiger partial charge is 0.303 e. The molecular weight excluding hydrogens is 192 g/mol. The van der Waals surface area contributed by atoms with Crippen molar-refractivity contribution in [2.24, 2.45) is 0 Å². The molecule has 0 saturated heterocycles. The highest BCUT2D eigenvalue weighted by molar-refractivity contribution is 5.67. The second-order valence-corrected chi connectivity index (χ2v) is 3.55. The van der Waals surface area contributed by atoms with E-state index in [2.05, 4.69) is 4.98 Å². The number of carboxylic acids is 1. The Morgan fingerprint density at radius 3 is 3.07 bits per heavy atom. The molecule has 78 valence electrons.